The first-order chi connectivity index (χ1) is 9.33. The Morgan fingerprint density at radius 3 is 2.63 bits per heavy atom. The number of rotatable bonds is 3. The third kappa shape index (κ3) is 2.40. The molecular weight excluding hydrogens is 232 g/mol. The van der Waals surface area contributed by atoms with Gasteiger partial charge in [0.05, 0.1) is 7.11 Å². The number of fused-ring (bicyclic) bond motifs is 1. The molecule has 1 aromatic carbocycles. The summed E-state index contributed by atoms with van der Waals surface area (Å²) in [4.78, 5) is 0. The van der Waals surface area contributed by atoms with E-state index in [9.17, 15) is 0 Å². The minimum atomic E-state index is 0.790. The molecule has 0 radical (unpaired) electrons. The Kier molecular flexibility index (Phi) is 3.81. The first-order valence-corrected chi connectivity index (χ1v) is 8.00. The summed E-state index contributed by atoms with van der Waals surface area (Å²) in [6.07, 6.45) is 9.83. The van der Waals surface area contributed by atoms with Gasteiger partial charge in [0.1, 0.15) is 5.75 Å². The molecule has 19 heavy (non-hydrogen) atoms. The van der Waals surface area contributed by atoms with Gasteiger partial charge in [0.15, 0.2) is 0 Å². The summed E-state index contributed by atoms with van der Waals surface area (Å²) < 4.78 is 5.38. The minimum Gasteiger partial charge on any atom is -0.497 e. The molecule has 1 saturated carbocycles. The number of hydrogen-bond donors (Lipinski definition) is 0. The number of ether oxygens (including phenoxy) is 1. The van der Waals surface area contributed by atoms with E-state index >= 15 is 0 Å². The summed E-state index contributed by atoms with van der Waals surface area (Å²) >= 11 is 0. The average molecular weight is 258 g/mol. The predicted molar refractivity (Wildman–Crippen MR) is 79.8 cm³/mol. The Morgan fingerprint density at radius 1 is 1.16 bits per heavy atom. The van der Waals surface area contributed by atoms with Crippen molar-refractivity contribution in [2.75, 3.05) is 7.11 Å². The molecule has 2 aliphatic rings. The Labute approximate surface area is 117 Å². The normalized spacial score (nSPS) is 27.3. The molecule has 0 bridgehead atoms. The van der Waals surface area contributed by atoms with Crippen LogP contribution in [-0.4, -0.2) is 7.11 Å². The van der Waals surface area contributed by atoms with Gasteiger partial charge in [-0.05, 0) is 60.3 Å². The third-order valence-corrected chi connectivity index (χ3v) is 5.46. The molecule has 104 valence electrons. The van der Waals surface area contributed by atoms with Crippen molar-refractivity contribution in [3.05, 3.63) is 29.3 Å². The van der Waals surface area contributed by atoms with Crippen LogP contribution in [0.3, 0.4) is 0 Å². The van der Waals surface area contributed by atoms with Crippen LogP contribution in [0.2, 0.25) is 0 Å². The summed E-state index contributed by atoms with van der Waals surface area (Å²) in [6, 6.07) is 6.75. The van der Waals surface area contributed by atoms with Crippen molar-refractivity contribution in [2.24, 2.45) is 11.8 Å². The van der Waals surface area contributed by atoms with Crippen molar-refractivity contribution in [3.8, 4) is 5.75 Å². The third-order valence-electron chi connectivity index (χ3n) is 5.46. The van der Waals surface area contributed by atoms with Crippen LogP contribution in [0.4, 0.5) is 0 Å². The lowest BCUT2D eigenvalue weighted by atomic mass is 9.68. The Bertz CT molecular complexity index is 431. The van der Waals surface area contributed by atoms with Crippen LogP contribution in [-0.2, 0) is 6.42 Å². The maximum atomic E-state index is 5.38. The molecule has 2 atom stereocenters. The zero-order valence-electron chi connectivity index (χ0n) is 12.3. The van der Waals surface area contributed by atoms with E-state index in [0.717, 1.165) is 23.5 Å². The van der Waals surface area contributed by atoms with Gasteiger partial charge in [-0.2, -0.15) is 0 Å². The second-order valence-corrected chi connectivity index (χ2v) is 6.33. The van der Waals surface area contributed by atoms with E-state index in [2.05, 4.69) is 25.1 Å². The quantitative estimate of drug-likeness (QED) is 0.746. The molecule has 1 nitrogen and oxygen atoms in total. The van der Waals surface area contributed by atoms with E-state index in [0.29, 0.717) is 0 Å². The van der Waals surface area contributed by atoms with Crippen LogP contribution in [0, 0.1) is 11.8 Å². The van der Waals surface area contributed by atoms with E-state index in [1.165, 1.54) is 44.9 Å². The fourth-order valence-electron chi connectivity index (χ4n) is 4.51. The molecule has 1 aromatic rings. The first-order valence-electron chi connectivity index (χ1n) is 8.00. The Hall–Kier alpha value is -0.980. The summed E-state index contributed by atoms with van der Waals surface area (Å²) in [5.41, 5.74) is 3.16. The van der Waals surface area contributed by atoms with Gasteiger partial charge in [-0.25, -0.2) is 0 Å². The summed E-state index contributed by atoms with van der Waals surface area (Å²) in [6.45, 7) is 2.37. The first kappa shape index (κ1) is 13.0. The molecule has 0 aromatic heterocycles. The predicted octanol–water partition coefficient (Wildman–Crippen LogP) is 4.94. The molecule has 0 heterocycles. The number of benzene rings is 1. The monoisotopic (exact) mass is 258 g/mol. The van der Waals surface area contributed by atoms with E-state index in [-0.39, 0.29) is 0 Å². The zero-order chi connectivity index (χ0) is 13.2. The topological polar surface area (TPSA) is 9.23 Å². The lowest BCUT2D eigenvalue weighted by Gasteiger charge is -2.37. The smallest absolute Gasteiger partial charge is 0.119 e. The van der Waals surface area contributed by atoms with Crippen molar-refractivity contribution in [3.63, 3.8) is 0 Å². The highest BCUT2D eigenvalue weighted by Crippen LogP contribution is 2.47. The van der Waals surface area contributed by atoms with Gasteiger partial charge in [0, 0.05) is 0 Å². The summed E-state index contributed by atoms with van der Waals surface area (Å²) in [5, 5.41) is 0. The fraction of sp³-hybridized carbons (Fsp3) is 0.667. The van der Waals surface area contributed by atoms with E-state index in [1.54, 1.807) is 18.2 Å². The highest BCUT2D eigenvalue weighted by molar-refractivity contribution is 5.40. The fourth-order valence-corrected chi connectivity index (χ4v) is 4.51. The molecule has 3 rings (SSSR count). The maximum absolute atomic E-state index is 5.38. The van der Waals surface area contributed by atoms with Crippen molar-refractivity contribution < 1.29 is 4.74 Å². The zero-order valence-corrected chi connectivity index (χ0v) is 12.3. The molecule has 1 fully saturated rings. The molecule has 0 unspecified atom stereocenters. The maximum Gasteiger partial charge on any atom is 0.119 e. The molecule has 1 heteroatoms. The largest absolute Gasteiger partial charge is 0.497 e. The van der Waals surface area contributed by atoms with Gasteiger partial charge in [-0.3, -0.25) is 0 Å². The lowest BCUT2D eigenvalue weighted by molar-refractivity contribution is 0.247. The van der Waals surface area contributed by atoms with Crippen LogP contribution in [0.1, 0.15) is 62.5 Å². The standard InChI is InChI=1S/C18H26O/c1-3-16-17(13-6-4-5-7-13)10-8-14-12-15(19-2)9-11-18(14)16/h9,11-13,16-17H,3-8,10H2,1-2H3/t16-,17+/m0/s1. The van der Waals surface area contributed by atoms with Crippen molar-refractivity contribution in [2.45, 2.75) is 57.8 Å². The van der Waals surface area contributed by atoms with Crippen LogP contribution in [0.25, 0.3) is 0 Å². The number of methoxy groups -OCH3 is 1. The molecule has 0 amide bonds. The highest BCUT2D eigenvalue weighted by Gasteiger charge is 2.35. The molecule has 0 aliphatic heterocycles. The van der Waals surface area contributed by atoms with Crippen molar-refractivity contribution in [1.29, 1.82) is 0 Å². The van der Waals surface area contributed by atoms with Gasteiger partial charge in [-0.1, -0.05) is 38.7 Å². The van der Waals surface area contributed by atoms with E-state index in [4.69, 9.17) is 4.74 Å². The van der Waals surface area contributed by atoms with Gasteiger partial charge in [-0.15, -0.1) is 0 Å². The van der Waals surface area contributed by atoms with Crippen LogP contribution < -0.4 is 4.74 Å². The van der Waals surface area contributed by atoms with Gasteiger partial charge in [0.2, 0.25) is 0 Å². The number of hydrogen-bond acceptors (Lipinski definition) is 1. The van der Waals surface area contributed by atoms with Crippen molar-refractivity contribution >= 4 is 0 Å². The van der Waals surface area contributed by atoms with Gasteiger partial charge < -0.3 is 4.74 Å². The highest BCUT2D eigenvalue weighted by atomic mass is 16.5. The van der Waals surface area contributed by atoms with Crippen LogP contribution >= 0.6 is 0 Å². The Balaban J connectivity index is 1.88. The second-order valence-electron chi connectivity index (χ2n) is 6.33. The summed E-state index contributed by atoms with van der Waals surface area (Å²) in [7, 11) is 1.77. The summed E-state index contributed by atoms with van der Waals surface area (Å²) in [5.74, 6) is 3.75. The number of aryl methyl sites for hydroxylation is 1. The van der Waals surface area contributed by atoms with Crippen LogP contribution in [0.5, 0.6) is 5.75 Å². The van der Waals surface area contributed by atoms with E-state index < -0.39 is 0 Å². The van der Waals surface area contributed by atoms with Gasteiger partial charge >= 0.3 is 0 Å². The molecule has 0 N–H and O–H groups in total. The lowest BCUT2D eigenvalue weighted by Crippen LogP contribution is -2.26. The van der Waals surface area contributed by atoms with Crippen molar-refractivity contribution in [1.82, 2.24) is 0 Å². The molecule has 2 aliphatic carbocycles. The average Bonchev–Trinajstić information content (AvgIpc) is 2.99. The Morgan fingerprint density at radius 2 is 1.95 bits per heavy atom. The van der Waals surface area contributed by atoms with Gasteiger partial charge in [0.25, 0.3) is 0 Å². The van der Waals surface area contributed by atoms with Crippen LogP contribution in [0.15, 0.2) is 18.2 Å². The van der Waals surface area contributed by atoms with E-state index in [1.807, 2.05) is 0 Å². The SMILES string of the molecule is CC[C@@H]1c2ccc(OC)cc2CC[C@@H]1C1CCCC1. The minimum absolute atomic E-state index is 0.790. The molecule has 0 saturated heterocycles. The molecular formula is C18H26O. The second kappa shape index (κ2) is 5.56. The molecule has 0 spiro atoms.